The number of urea groups is 1. The maximum Gasteiger partial charge on any atom is 0.319 e. The highest BCUT2D eigenvalue weighted by Gasteiger charge is 2.33. The summed E-state index contributed by atoms with van der Waals surface area (Å²) in [5.41, 5.74) is 2.55. The van der Waals surface area contributed by atoms with Gasteiger partial charge < -0.3 is 15.7 Å². The molecule has 0 aliphatic carbocycles. The number of anilines is 1. The molecule has 6 nitrogen and oxygen atoms in total. The number of aliphatic hydroxyl groups excluding tert-OH is 1. The molecule has 3 atom stereocenters. The molecule has 1 heterocycles. The quantitative estimate of drug-likeness (QED) is 0.308. The highest BCUT2D eigenvalue weighted by atomic mass is 16.3. The summed E-state index contributed by atoms with van der Waals surface area (Å²) >= 11 is 0. The van der Waals surface area contributed by atoms with E-state index in [4.69, 9.17) is 0 Å². The van der Waals surface area contributed by atoms with Gasteiger partial charge in [0.25, 0.3) is 0 Å². The second-order valence-corrected chi connectivity index (χ2v) is 10.3. The average molecular weight is 480 g/mol. The third kappa shape index (κ3) is 8.79. The maximum atomic E-state index is 12.3. The number of hydrogen-bond acceptors (Lipinski definition) is 4. The minimum absolute atomic E-state index is 0.0317. The largest absolute Gasteiger partial charge is 0.391 e. The van der Waals surface area contributed by atoms with Gasteiger partial charge in [-0.05, 0) is 75.1 Å². The number of benzene rings is 2. The van der Waals surface area contributed by atoms with E-state index in [2.05, 4.69) is 59.7 Å². The number of amides is 2. The summed E-state index contributed by atoms with van der Waals surface area (Å²) in [5, 5.41) is 16.7. The van der Waals surface area contributed by atoms with Crippen LogP contribution in [0.4, 0.5) is 10.5 Å². The summed E-state index contributed by atoms with van der Waals surface area (Å²) in [6, 6.07) is 17.5. The first-order valence-electron chi connectivity index (χ1n) is 12.9. The van der Waals surface area contributed by atoms with Crippen LogP contribution < -0.4 is 10.6 Å². The molecule has 2 amide bonds. The smallest absolute Gasteiger partial charge is 0.319 e. The summed E-state index contributed by atoms with van der Waals surface area (Å²) in [4.78, 5) is 26.3. The fourth-order valence-electron chi connectivity index (χ4n) is 5.05. The number of likely N-dealkylation sites (tertiary alicyclic amines) is 1. The Kier molecular flexibility index (Phi) is 10.3. The molecule has 3 N–H and O–H groups in total. The molecule has 0 saturated carbocycles. The summed E-state index contributed by atoms with van der Waals surface area (Å²) in [5.74, 6) is 0.999. The van der Waals surface area contributed by atoms with Crippen molar-refractivity contribution in [1.29, 1.82) is 0 Å². The lowest BCUT2D eigenvalue weighted by Crippen LogP contribution is -2.50. The van der Waals surface area contributed by atoms with Gasteiger partial charge in [-0.2, -0.15) is 0 Å². The lowest BCUT2D eigenvalue weighted by molar-refractivity contribution is -0.00107. The van der Waals surface area contributed by atoms with Gasteiger partial charge in [0.1, 0.15) is 0 Å². The zero-order chi connectivity index (χ0) is 25.2. The van der Waals surface area contributed by atoms with E-state index in [1.54, 1.807) is 24.3 Å². The van der Waals surface area contributed by atoms with Gasteiger partial charge in [-0.1, -0.05) is 56.3 Å². The molecule has 2 aromatic carbocycles. The summed E-state index contributed by atoms with van der Waals surface area (Å²) < 4.78 is 0. The van der Waals surface area contributed by atoms with Crippen molar-refractivity contribution in [1.82, 2.24) is 10.2 Å². The van der Waals surface area contributed by atoms with Crippen molar-refractivity contribution in [2.24, 2.45) is 11.8 Å². The van der Waals surface area contributed by atoms with E-state index < -0.39 is 0 Å². The van der Waals surface area contributed by atoms with Gasteiger partial charge in [0.05, 0.1) is 6.10 Å². The molecular weight excluding hydrogens is 438 g/mol. The van der Waals surface area contributed by atoms with Crippen LogP contribution in [0.5, 0.6) is 0 Å². The van der Waals surface area contributed by atoms with Crippen molar-refractivity contribution >= 4 is 17.5 Å². The Balaban J connectivity index is 1.48. The molecule has 6 heteroatoms. The third-order valence-corrected chi connectivity index (χ3v) is 6.83. The number of Topliss-reactive ketones (excluding diaryl/α,β-unsaturated/α-hetero) is 1. The molecule has 1 saturated heterocycles. The van der Waals surface area contributed by atoms with Crippen molar-refractivity contribution in [3.63, 3.8) is 0 Å². The van der Waals surface area contributed by atoms with Gasteiger partial charge >= 0.3 is 6.03 Å². The minimum atomic E-state index is -0.335. The Morgan fingerprint density at radius 3 is 2.60 bits per heavy atom. The predicted octanol–water partition coefficient (Wildman–Crippen LogP) is 5.13. The molecule has 190 valence electrons. The minimum Gasteiger partial charge on any atom is -0.391 e. The van der Waals surface area contributed by atoms with E-state index in [0.29, 0.717) is 29.6 Å². The normalized spacial score (nSPS) is 19.3. The Morgan fingerprint density at radius 2 is 1.89 bits per heavy atom. The van der Waals surface area contributed by atoms with Crippen LogP contribution in [0, 0.1) is 11.8 Å². The number of aliphatic hydroxyl groups is 1. The van der Waals surface area contributed by atoms with E-state index >= 15 is 0 Å². The number of nitrogens with one attached hydrogen (secondary N) is 2. The van der Waals surface area contributed by atoms with Crippen LogP contribution in [0.2, 0.25) is 0 Å². The molecular formula is C29H41N3O3. The highest BCUT2D eigenvalue weighted by molar-refractivity contribution is 5.96. The van der Waals surface area contributed by atoms with E-state index in [1.165, 1.54) is 12.5 Å². The summed E-state index contributed by atoms with van der Waals surface area (Å²) in [7, 11) is 0. The van der Waals surface area contributed by atoms with Crippen LogP contribution in [0.3, 0.4) is 0 Å². The van der Waals surface area contributed by atoms with Gasteiger partial charge in [-0.3, -0.25) is 9.69 Å². The second-order valence-electron chi connectivity index (χ2n) is 10.3. The Hall–Kier alpha value is -2.70. The van der Waals surface area contributed by atoms with Crippen molar-refractivity contribution in [3.8, 4) is 0 Å². The number of ketones is 1. The SMILES string of the molecule is CC(=O)c1cccc(NC(=O)NCCCN2CC[C@H](Cc3ccccc3)C[C@@H]2[C@H](O)CC(C)C)c1. The van der Waals surface area contributed by atoms with Gasteiger partial charge in [-0.25, -0.2) is 4.79 Å². The summed E-state index contributed by atoms with van der Waals surface area (Å²) in [6.45, 7) is 8.20. The average Bonchev–Trinajstić information content (AvgIpc) is 2.83. The first-order chi connectivity index (χ1) is 16.8. The van der Waals surface area contributed by atoms with Crippen molar-refractivity contribution in [2.45, 2.75) is 65.0 Å². The van der Waals surface area contributed by atoms with Crippen molar-refractivity contribution in [3.05, 3.63) is 65.7 Å². The lowest BCUT2D eigenvalue weighted by Gasteiger charge is -2.42. The van der Waals surface area contributed by atoms with Crippen LogP contribution in [0.1, 0.15) is 62.4 Å². The zero-order valence-corrected chi connectivity index (χ0v) is 21.4. The number of carbonyl (C=O) groups is 2. The molecule has 3 rings (SSSR count). The van der Waals surface area contributed by atoms with Crippen LogP contribution >= 0.6 is 0 Å². The number of piperidine rings is 1. The molecule has 1 fully saturated rings. The van der Waals surface area contributed by atoms with Crippen LogP contribution in [-0.4, -0.2) is 53.6 Å². The first kappa shape index (κ1) is 26.9. The predicted molar refractivity (Wildman–Crippen MR) is 142 cm³/mol. The Bertz CT molecular complexity index is 947. The summed E-state index contributed by atoms with van der Waals surface area (Å²) in [6.07, 6.45) is 4.47. The van der Waals surface area contributed by atoms with Crippen LogP contribution in [-0.2, 0) is 6.42 Å². The number of hydrogen-bond donors (Lipinski definition) is 3. The maximum absolute atomic E-state index is 12.3. The van der Waals surface area contributed by atoms with Gasteiger partial charge in [0.2, 0.25) is 0 Å². The van der Waals surface area contributed by atoms with Crippen molar-refractivity contribution in [2.75, 3.05) is 25.0 Å². The van der Waals surface area contributed by atoms with Crippen molar-refractivity contribution < 1.29 is 14.7 Å². The van der Waals surface area contributed by atoms with Crippen LogP contribution in [0.15, 0.2) is 54.6 Å². The highest BCUT2D eigenvalue weighted by Crippen LogP contribution is 2.30. The zero-order valence-electron chi connectivity index (χ0n) is 21.4. The fraction of sp³-hybridized carbons (Fsp3) is 0.517. The monoisotopic (exact) mass is 479 g/mol. The second kappa shape index (κ2) is 13.4. The topological polar surface area (TPSA) is 81.7 Å². The third-order valence-electron chi connectivity index (χ3n) is 6.83. The molecule has 1 aliphatic heterocycles. The molecule has 35 heavy (non-hydrogen) atoms. The van der Waals surface area contributed by atoms with E-state index in [9.17, 15) is 14.7 Å². The van der Waals surface area contributed by atoms with Gasteiger partial charge in [0, 0.05) is 30.4 Å². The molecule has 0 aromatic heterocycles. The molecule has 0 radical (unpaired) electrons. The molecule has 2 aromatic rings. The first-order valence-corrected chi connectivity index (χ1v) is 12.9. The van der Waals surface area contributed by atoms with E-state index in [-0.39, 0.29) is 24.0 Å². The number of rotatable bonds is 11. The van der Waals surface area contributed by atoms with E-state index in [1.807, 2.05) is 0 Å². The van der Waals surface area contributed by atoms with Gasteiger partial charge in [-0.15, -0.1) is 0 Å². The molecule has 1 aliphatic rings. The van der Waals surface area contributed by atoms with Crippen LogP contribution in [0.25, 0.3) is 0 Å². The Labute approximate surface area is 210 Å². The standard InChI is InChI=1S/C29H41N3O3/c1-21(2)17-28(34)27-19-24(18-23-9-5-4-6-10-23)13-16-32(27)15-8-14-30-29(35)31-26-12-7-11-25(20-26)22(3)33/h4-7,9-12,20-21,24,27-28,34H,8,13-19H2,1-3H3,(H2,30,31,35)/t24-,27-,28-/m1/s1. The molecule has 0 bridgehead atoms. The fourth-order valence-corrected chi connectivity index (χ4v) is 5.05. The Morgan fingerprint density at radius 1 is 1.11 bits per heavy atom. The number of carbonyl (C=O) groups excluding carboxylic acids is 2. The lowest BCUT2D eigenvalue weighted by atomic mass is 9.82. The molecule has 0 unspecified atom stereocenters. The van der Waals surface area contributed by atoms with E-state index in [0.717, 1.165) is 45.2 Å². The number of nitrogens with zero attached hydrogens (tertiary/aromatic N) is 1. The molecule has 0 spiro atoms. The van der Waals surface area contributed by atoms with Gasteiger partial charge in [0.15, 0.2) is 5.78 Å².